The Morgan fingerprint density at radius 3 is 2.18 bits per heavy atom. The van der Waals surface area contributed by atoms with Crippen LogP contribution in [0.15, 0.2) is 52.5 Å². The second-order valence-corrected chi connectivity index (χ2v) is 8.94. The molecule has 1 aliphatic carbocycles. The Bertz CT molecular complexity index is 1380. The second kappa shape index (κ2) is 7.15. The van der Waals surface area contributed by atoms with Gasteiger partial charge in [0.25, 0.3) is 0 Å². The summed E-state index contributed by atoms with van der Waals surface area (Å²) < 4.78 is 0.476. The highest BCUT2D eigenvalue weighted by Gasteiger charge is 2.65. The van der Waals surface area contributed by atoms with Gasteiger partial charge in [-0.05, 0) is 36.0 Å². The number of ketones is 2. The van der Waals surface area contributed by atoms with Gasteiger partial charge in [-0.15, -0.1) is 0 Å². The number of aliphatic hydroxyl groups excluding tert-OH is 1. The number of hydrogen-bond acceptors (Lipinski definition) is 7. The van der Waals surface area contributed by atoms with Crippen molar-refractivity contribution in [2.24, 2.45) is 5.92 Å². The maximum atomic E-state index is 13.6. The Kier molecular flexibility index (Phi) is 4.59. The molecular formula is C22H12BrN3O6S. The van der Waals surface area contributed by atoms with Gasteiger partial charge in [-0.25, -0.2) is 0 Å². The fourth-order valence-corrected chi connectivity index (χ4v) is 5.18. The average Bonchev–Trinajstić information content (AvgIpc) is 3.03. The van der Waals surface area contributed by atoms with Crippen LogP contribution < -0.4 is 16.0 Å². The molecule has 1 saturated heterocycles. The predicted octanol–water partition coefficient (Wildman–Crippen LogP) is 1.52. The minimum absolute atomic E-state index is 0.0138. The van der Waals surface area contributed by atoms with E-state index >= 15 is 0 Å². The third kappa shape index (κ3) is 2.75. The van der Waals surface area contributed by atoms with Crippen molar-refractivity contribution < 1.29 is 29.1 Å². The topological polar surface area (TPSA) is 142 Å². The van der Waals surface area contributed by atoms with Gasteiger partial charge in [0.2, 0.25) is 29.3 Å². The average molecular weight is 526 g/mol. The molecule has 2 aromatic rings. The van der Waals surface area contributed by atoms with E-state index < -0.39 is 52.0 Å². The van der Waals surface area contributed by atoms with Gasteiger partial charge < -0.3 is 21.1 Å². The molecule has 5 rings (SSSR count). The highest BCUT2D eigenvalue weighted by molar-refractivity contribution is 9.10. The highest BCUT2D eigenvalue weighted by Crippen LogP contribution is 2.52. The SMILES string of the molecule is O=C1C(=O)c2ccccc2C(O)=C1C1(C2C(=O)NC(=S)NC2=O)C(=O)Nc2ccc(Br)cc21. The predicted molar refractivity (Wildman–Crippen MR) is 122 cm³/mol. The van der Waals surface area contributed by atoms with Crippen LogP contribution in [0.1, 0.15) is 21.5 Å². The van der Waals surface area contributed by atoms with Crippen LogP contribution in [0.5, 0.6) is 0 Å². The van der Waals surface area contributed by atoms with E-state index in [9.17, 15) is 29.1 Å². The zero-order valence-electron chi connectivity index (χ0n) is 16.4. The standard InChI is InChI=1S/C22H12BrN3O6S/c23-8-5-6-12-11(7-8)22(20(32)24-12,14-18(30)25-21(33)26-19(14)31)13-15(27)9-3-1-2-4-10(9)16(28)17(13)29/h1-7,14,27H,(H,24,32)(H2,25,26,30,31,33). The third-order valence-electron chi connectivity index (χ3n) is 5.93. The number of rotatable bonds is 2. The Morgan fingerprint density at radius 1 is 0.879 bits per heavy atom. The van der Waals surface area contributed by atoms with Crippen LogP contribution in [0.4, 0.5) is 5.69 Å². The van der Waals surface area contributed by atoms with E-state index in [0.29, 0.717) is 4.47 Å². The summed E-state index contributed by atoms with van der Waals surface area (Å²) in [5, 5.41) is 18.1. The molecule has 1 fully saturated rings. The first kappa shape index (κ1) is 21.2. The molecule has 3 aliphatic rings. The number of fused-ring (bicyclic) bond motifs is 2. The summed E-state index contributed by atoms with van der Waals surface area (Å²) in [6.45, 7) is 0. The fraction of sp³-hybridized carbons (Fsp3) is 0.0909. The smallest absolute Gasteiger partial charge is 0.241 e. The van der Waals surface area contributed by atoms with E-state index in [1.807, 2.05) is 0 Å². The van der Waals surface area contributed by atoms with Gasteiger partial charge in [-0.3, -0.25) is 24.0 Å². The van der Waals surface area contributed by atoms with Gasteiger partial charge in [0, 0.05) is 21.3 Å². The Hall–Kier alpha value is -3.70. The second-order valence-electron chi connectivity index (χ2n) is 7.62. The van der Waals surface area contributed by atoms with Crippen LogP contribution in [-0.4, -0.2) is 39.5 Å². The summed E-state index contributed by atoms with van der Waals surface area (Å²) in [5.41, 5.74) is -2.73. The van der Waals surface area contributed by atoms with E-state index in [0.717, 1.165) is 0 Å². The molecule has 3 amide bonds. The highest BCUT2D eigenvalue weighted by atomic mass is 79.9. The van der Waals surface area contributed by atoms with Crippen molar-refractivity contribution >= 4 is 74.0 Å². The first-order chi connectivity index (χ1) is 15.7. The summed E-state index contributed by atoms with van der Waals surface area (Å²) in [6.07, 6.45) is 0. The molecule has 0 radical (unpaired) electrons. The molecular weight excluding hydrogens is 514 g/mol. The van der Waals surface area contributed by atoms with Crippen LogP contribution in [0.25, 0.3) is 5.76 Å². The van der Waals surface area contributed by atoms with Gasteiger partial charge in [0.15, 0.2) is 5.11 Å². The lowest BCUT2D eigenvalue weighted by atomic mass is 9.61. The molecule has 4 N–H and O–H groups in total. The largest absolute Gasteiger partial charge is 0.507 e. The minimum Gasteiger partial charge on any atom is -0.507 e. The first-order valence-electron chi connectivity index (χ1n) is 9.57. The Labute approximate surface area is 199 Å². The van der Waals surface area contributed by atoms with Crippen molar-refractivity contribution in [3.05, 3.63) is 69.2 Å². The van der Waals surface area contributed by atoms with Crippen LogP contribution in [0, 0.1) is 5.92 Å². The molecule has 9 nitrogen and oxygen atoms in total. The molecule has 0 saturated carbocycles. The fourth-order valence-electron chi connectivity index (χ4n) is 4.62. The van der Waals surface area contributed by atoms with Gasteiger partial charge in [-0.2, -0.15) is 0 Å². The van der Waals surface area contributed by atoms with Gasteiger partial charge in [0.05, 0.1) is 5.57 Å². The van der Waals surface area contributed by atoms with Gasteiger partial charge in [-0.1, -0.05) is 40.2 Å². The lowest BCUT2D eigenvalue weighted by Gasteiger charge is -2.38. The zero-order chi connectivity index (χ0) is 23.7. The molecule has 11 heteroatoms. The number of carbonyl (C=O) groups excluding carboxylic acids is 5. The number of nitrogens with one attached hydrogen (secondary N) is 3. The Balaban J connectivity index is 1.92. The van der Waals surface area contributed by atoms with Crippen molar-refractivity contribution in [3.8, 4) is 0 Å². The summed E-state index contributed by atoms with van der Waals surface area (Å²) in [7, 11) is 0. The van der Waals surface area contributed by atoms with E-state index in [1.54, 1.807) is 12.1 Å². The summed E-state index contributed by atoms with van der Waals surface area (Å²) in [4.78, 5) is 66.2. The minimum atomic E-state index is -2.34. The van der Waals surface area contributed by atoms with Gasteiger partial charge in [0.1, 0.15) is 17.1 Å². The third-order valence-corrected chi connectivity index (χ3v) is 6.63. The van der Waals surface area contributed by atoms with Crippen LogP contribution in [0.2, 0.25) is 0 Å². The molecule has 0 bridgehead atoms. The first-order valence-corrected chi connectivity index (χ1v) is 10.8. The maximum Gasteiger partial charge on any atom is 0.241 e. The van der Waals surface area contributed by atoms with E-state index in [1.165, 1.54) is 30.3 Å². The van der Waals surface area contributed by atoms with Crippen LogP contribution in [0.3, 0.4) is 0 Å². The number of carbonyl (C=O) groups is 5. The molecule has 2 aliphatic heterocycles. The molecule has 1 unspecified atom stereocenters. The normalized spacial score (nSPS) is 22.6. The van der Waals surface area contributed by atoms with E-state index in [2.05, 4.69) is 31.9 Å². The molecule has 164 valence electrons. The van der Waals surface area contributed by atoms with Gasteiger partial charge >= 0.3 is 0 Å². The van der Waals surface area contributed by atoms with Crippen molar-refractivity contribution in [1.82, 2.24) is 10.6 Å². The van der Waals surface area contributed by atoms with Crippen molar-refractivity contribution in [1.29, 1.82) is 0 Å². The number of aliphatic hydroxyl groups is 1. The molecule has 0 aromatic heterocycles. The quantitative estimate of drug-likeness (QED) is 0.264. The van der Waals surface area contributed by atoms with Crippen LogP contribution >= 0.6 is 28.1 Å². The Morgan fingerprint density at radius 2 is 1.52 bits per heavy atom. The number of thiocarbonyl (C=S) groups is 1. The zero-order valence-corrected chi connectivity index (χ0v) is 18.8. The lowest BCUT2D eigenvalue weighted by Crippen LogP contribution is -2.64. The maximum absolute atomic E-state index is 13.6. The van der Waals surface area contributed by atoms with E-state index in [4.69, 9.17) is 12.2 Å². The van der Waals surface area contributed by atoms with Crippen molar-refractivity contribution in [2.45, 2.75) is 5.41 Å². The lowest BCUT2D eigenvalue weighted by molar-refractivity contribution is -0.142. The molecule has 1 atom stereocenters. The summed E-state index contributed by atoms with van der Waals surface area (Å²) in [5.74, 6) is -7.49. The number of hydrogen-bond donors (Lipinski definition) is 4. The van der Waals surface area contributed by atoms with Crippen LogP contribution in [-0.2, 0) is 24.6 Å². The van der Waals surface area contributed by atoms with E-state index in [-0.39, 0.29) is 27.5 Å². The van der Waals surface area contributed by atoms with Crippen molar-refractivity contribution in [3.63, 3.8) is 0 Å². The number of halogens is 1. The molecule has 2 aromatic carbocycles. The summed E-state index contributed by atoms with van der Waals surface area (Å²) in [6, 6.07) is 10.4. The molecule has 33 heavy (non-hydrogen) atoms. The number of amides is 3. The number of Topliss-reactive ketones (excluding diaryl/α,β-unsaturated/α-hetero) is 2. The molecule has 2 heterocycles. The monoisotopic (exact) mass is 525 g/mol. The summed E-state index contributed by atoms with van der Waals surface area (Å²) >= 11 is 8.17. The number of benzene rings is 2. The molecule has 0 spiro atoms. The number of anilines is 1. The van der Waals surface area contributed by atoms with Crippen molar-refractivity contribution in [2.75, 3.05) is 5.32 Å².